The number of carboxylic acid groups (broad SMARTS) is 1. The third kappa shape index (κ3) is 6.82. The van der Waals surface area contributed by atoms with Gasteiger partial charge in [0.05, 0.1) is 12.0 Å². The second kappa shape index (κ2) is 11.9. The Balaban J connectivity index is 1.46. The largest absolute Gasteiger partial charge is 0.489 e. The molecule has 42 heavy (non-hydrogen) atoms. The monoisotopic (exact) mass is 590 g/mol. The normalized spacial score (nSPS) is 16.0. The number of likely N-dealkylation sites (N-methyl/N-ethyl adjacent to an activating group) is 1. The summed E-state index contributed by atoms with van der Waals surface area (Å²) in [6.07, 6.45) is -2.76. The van der Waals surface area contributed by atoms with Crippen LogP contribution in [0.1, 0.15) is 80.2 Å². The third-order valence-corrected chi connectivity index (χ3v) is 7.87. The minimum absolute atomic E-state index is 0.0480. The Morgan fingerprint density at radius 2 is 1.81 bits per heavy atom. The Hall–Kier alpha value is -3.76. The zero-order valence-electron chi connectivity index (χ0n) is 24.5. The maximum atomic E-state index is 13.8. The van der Waals surface area contributed by atoms with Gasteiger partial charge in [0.1, 0.15) is 24.0 Å². The number of carbonyl (C=O) groups is 3. The molecule has 0 aromatic heterocycles. The number of benzene rings is 2. The van der Waals surface area contributed by atoms with E-state index in [0.29, 0.717) is 35.5 Å². The number of aliphatic carboxylic acids is 1. The molecule has 0 spiro atoms. The molecule has 0 saturated heterocycles. The number of rotatable bonds is 8. The Morgan fingerprint density at radius 3 is 2.38 bits per heavy atom. The van der Waals surface area contributed by atoms with Crippen LogP contribution >= 0.6 is 0 Å². The molecule has 2 aliphatic rings. The van der Waals surface area contributed by atoms with Gasteiger partial charge < -0.3 is 19.5 Å². The number of amides is 2. The molecule has 1 aliphatic heterocycles. The summed E-state index contributed by atoms with van der Waals surface area (Å²) in [7, 11) is 1.28. The molecule has 1 heterocycles. The highest BCUT2D eigenvalue weighted by Crippen LogP contribution is 2.43. The zero-order valence-corrected chi connectivity index (χ0v) is 24.5. The Morgan fingerprint density at radius 1 is 1.12 bits per heavy atom. The van der Waals surface area contributed by atoms with Crippen LogP contribution in [0.15, 0.2) is 30.3 Å². The van der Waals surface area contributed by atoms with Crippen LogP contribution in [0.5, 0.6) is 5.75 Å². The Labute approximate surface area is 243 Å². The molecule has 228 valence electrons. The van der Waals surface area contributed by atoms with Crippen molar-refractivity contribution in [3.63, 3.8) is 0 Å². The molecule has 0 radical (unpaired) electrons. The number of fused-ring (bicyclic) bond motifs is 1. The van der Waals surface area contributed by atoms with Crippen LogP contribution in [-0.4, -0.2) is 53.2 Å². The van der Waals surface area contributed by atoms with Gasteiger partial charge in [-0.05, 0) is 93.3 Å². The number of carboxylic acids is 1. The summed E-state index contributed by atoms with van der Waals surface area (Å²) in [6, 6.07) is 6.35. The fraction of sp³-hybridized carbons (Fsp3) is 0.516. The standard InChI is InChI=1S/C31H37F3N2O6/c1-18-21-13-14-36(27(37)16-25(28(38)39)35(5)29(40)42-30(2,3)4)24(21)11-12-26(18)41-17-19-9-10-22(20-7-6-8-20)23(15-19)31(32,33)34/h9-12,15,20,25H,6-8,13-14,16-17H2,1-5H3,(H,38,39). The van der Waals surface area contributed by atoms with Crippen LogP contribution in [0.25, 0.3) is 0 Å². The zero-order chi connectivity index (χ0) is 31.0. The smallest absolute Gasteiger partial charge is 0.416 e. The van der Waals surface area contributed by atoms with E-state index in [9.17, 15) is 32.7 Å². The number of halogens is 3. The molecular formula is C31H37F3N2O6. The Bertz CT molecular complexity index is 1360. The highest BCUT2D eigenvalue weighted by Gasteiger charge is 2.37. The molecule has 1 saturated carbocycles. The topological polar surface area (TPSA) is 96.4 Å². The fourth-order valence-corrected chi connectivity index (χ4v) is 5.35. The van der Waals surface area contributed by atoms with E-state index in [-0.39, 0.29) is 12.5 Å². The first-order valence-electron chi connectivity index (χ1n) is 14.0. The number of hydrogen-bond acceptors (Lipinski definition) is 5. The van der Waals surface area contributed by atoms with Gasteiger partial charge in [0.15, 0.2) is 0 Å². The fourth-order valence-electron chi connectivity index (χ4n) is 5.35. The van der Waals surface area contributed by atoms with Crippen molar-refractivity contribution in [2.24, 2.45) is 0 Å². The van der Waals surface area contributed by atoms with Gasteiger partial charge in [-0.2, -0.15) is 13.2 Å². The summed E-state index contributed by atoms with van der Waals surface area (Å²) in [5, 5.41) is 9.73. The molecule has 1 unspecified atom stereocenters. The molecule has 8 nitrogen and oxygen atoms in total. The first kappa shape index (κ1) is 31.2. The first-order valence-corrected chi connectivity index (χ1v) is 14.0. The Kier molecular flexibility index (Phi) is 8.80. The van der Waals surface area contributed by atoms with Crippen molar-refractivity contribution in [3.8, 4) is 5.75 Å². The molecule has 11 heteroatoms. The predicted molar refractivity (Wildman–Crippen MR) is 150 cm³/mol. The van der Waals surface area contributed by atoms with Crippen LogP contribution < -0.4 is 9.64 Å². The van der Waals surface area contributed by atoms with E-state index in [1.807, 2.05) is 6.92 Å². The summed E-state index contributed by atoms with van der Waals surface area (Å²) in [5.41, 5.74) is 1.52. The number of nitrogens with zero attached hydrogens (tertiary/aromatic N) is 2. The maximum absolute atomic E-state index is 13.8. The molecule has 1 atom stereocenters. The van der Waals surface area contributed by atoms with Crippen LogP contribution in [0, 0.1) is 6.92 Å². The second-order valence-corrected chi connectivity index (χ2v) is 12.0. The van der Waals surface area contributed by atoms with Gasteiger partial charge in [0.2, 0.25) is 5.91 Å². The third-order valence-electron chi connectivity index (χ3n) is 7.87. The lowest BCUT2D eigenvalue weighted by Gasteiger charge is -2.29. The van der Waals surface area contributed by atoms with E-state index in [1.54, 1.807) is 45.0 Å². The van der Waals surface area contributed by atoms with E-state index in [4.69, 9.17) is 9.47 Å². The predicted octanol–water partition coefficient (Wildman–Crippen LogP) is 6.46. The van der Waals surface area contributed by atoms with Crippen molar-refractivity contribution < 1.29 is 42.1 Å². The summed E-state index contributed by atoms with van der Waals surface area (Å²) >= 11 is 0. The maximum Gasteiger partial charge on any atom is 0.416 e. The lowest BCUT2D eigenvalue weighted by molar-refractivity contribution is -0.144. The molecular weight excluding hydrogens is 553 g/mol. The molecule has 1 N–H and O–H groups in total. The molecule has 1 aliphatic carbocycles. The molecule has 2 aromatic rings. The van der Waals surface area contributed by atoms with Gasteiger partial charge in [-0.25, -0.2) is 9.59 Å². The van der Waals surface area contributed by atoms with Crippen molar-refractivity contribution >= 4 is 23.7 Å². The van der Waals surface area contributed by atoms with Gasteiger partial charge in [0, 0.05) is 19.3 Å². The average molecular weight is 591 g/mol. The molecule has 2 amide bonds. The minimum atomic E-state index is -4.44. The van der Waals surface area contributed by atoms with Gasteiger partial charge in [0.25, 0.3) is 0 Å². The summed E-state index contributed by atoms with van der Waals surface area (Å²) in [6.45, 7) is 7.07. The lowest BCUT2D eigenvalue weighted by atomic mass is 9.78. The lowest BCUT2D eigenvalue weighted by Crippen LogP contribution is -2.47. The highest BCUT2D eigenvalue weighted by molar-refractivity contribution is 5.98. The number of carbonyl (C=O) groups excluding carboxylic acids is 2. The first-order chi connectivity index (χ1) is 19.6. The van der Waals surface area contributed by atoms with Crippen LogP contribution in [-0.2, 0) is 33.5 Å². The van der Waals surface area contributed by atoms with Crippen LogP contribution in [0.2, 0.25) is 0 Å². The van der Waals surface area contributed by atoms with Gasteiger partial charge in [-0.1, -0.05) is 18.6 Å². The summed E-state index contributed by atoms with van der Waals surface area (Å²) in [5.74, 6) is -1.35. The van der Waals surface area contributed by atoms with Crippen molar-refractivity contribution in [3.05, 3.63) is 58.1 Å². The summed E-state index contributed by atoms with van der Waals surface area (Å²) < 4.78 is 52.5. The number of anilines is 1. The van der Waals surface area contributed by atoms with Crippen molar-refractivity contribution in [2.45, 2.75) is 90.1 Å². The molecule has 0 bridgehead atoms. The van der Waals surface area contributed by atoms with E-state index in [1.165, 1.54) is 18.0 Å². The number of hydrogen-bond donors (Lipinski definition) is 1. The average Bonchev–Trinajstić information content (AvgIpc) is 3.29. The van der Waals surface area contributed by atoms with Crippen LogP contribution in [0.4, 0.5) is 23.7 Å². The van der Waals surface area contributed by atoms with Gasteiger partial charge in [-0.3, -0.25) is 9.69 Å². The molecule has 4 rings (SSSR count). The SMILES string of the molecule is Cc1c(OCc2ccc(C3CCC3)c(C(F)(F)F)c2)ccc2c1CCN2C(=O)CC(C(=O)O)N(C)C(=O)OC(C)(C)C. The van der Waals surface area contributed by atoms with Crippen molar-refractivity contribution in [2.75, 3.05) is 18.5 Å². The summed E-state index contributed by atoms with van der Waals surface area (Å²) in [4.78, 5) is 40.0. The van der Waals surface area contributed by atoms with Crippen LogP contribution in [0.3, 0.4) is 0 Å². The van der Waals surface area contributed by atoms with Gasteiger partial charge in [-0.15, -0.1) is 0 Å². The quantitative estimate of drug-likeness (QED) is 0.379. The minimum Gasteiger partial charge on any atom is -0.489 e. The van der Waals surface area contributed by atoms with E-state index in [2.05, 4.69) is 0 Å². The van der Waals surface area contributed by atoms with Crippen molar-refractivity contribution in [1.82, 2.24) is 4.90 Å². The number of alkyl halides is 3. The number of ether oxygens (including phenoxy) is 2. The van der Waals surface area contributed by atoms with E-state index < -0.39 is 47.8 Å². The van der Waals surface area contributed by atoms with Crippen molar-refractivity contribution in [1.29, 1.82) is 0 Å². The highest BCUT2D eigenvalue weighted by atomic mass is 19.4. The molecule has 2 aromatic carbocycles. The van der Waals surface area contributed by atoms with Gasteiger partial charge >= 0.3 is 18.2 Å². The second-order valence-electron chi connectivity index (χ2n) is 12.0. The van der Waals surface area contributed by atoms with E-state index in [0.717, 1.165) is 35.3 Å². The van der Waals surface area contributed by atoms with E-state index >= 15 is 0 Å². The molecule has 1 fully saturated rings.